The number of nitrogens with zero attached hydrogens (tertiary/aromatic N) is 1. The van der Waals surface area contributed by atoms with Gasteiger partial charge in [0.1, 0.15) is 11.6 Å². The summed E-state index contributed by atoms with van der Waals surface area (Å²) >= 11 is 0. The molecule has 5 nitrogen and oxygen atoms in total. The van der Waals surface area contributed by atoms with E-state index in [1.54, 1.807) is 20.8 Å². The molecule has 0 rings (SSSR count). The maximum absolute atomic E-state index is 11.8. The van der Waals surface area contributed by atoms with Crippen molar-refractivity contribution in [3.05, 3.63) is 0 Å². The van der Waals surface area contributed by atoms with Crippen LogP contribution in [0, 0.1) is 0 Å². The highest BCUT2D eigenvalue weighted by Gasteiger charge is 2.29. The van der Waals surface area contributed by atoms with Crippen molar-refractivity contribution < 1.29 is 19.4 Å². The highest BCUT2D eigenvalue weighted by atomic mass is 16.6. The van der Waals surface area contributed by atoms with E-state index in [4.69, 9.17) is 4.74 Å². The molecule has 0 bridgehead atoms. The van der Waals surface area contributed by atoms with E-state index in [2.05, 4.69) is 6.92 Å². The predicted octanol–water partition coefficient (Wildman–Crippen LogP) is 3.28. The van der Waals surface area contributed by atoms with Crippen molar-refractivity contribution in [2.45, 2.75) is 71.4 Å². The van der Waals surface area contributed by atoms with Crippen molar-refractivity contribution in [2.75, 3.05) is 7.05 Å². The van der Waals surface area contributed by atoms with Gasteiger partial charge in [0.25, 0.3) is 0 Å². The van der Waals surface area contributed by atoms with E-state index in [1.807, 2.05) is 0 Å². The first kappa shape index (κ1) is 17.7. The van der Waals surface area contributed by atoms with Gasteiger partial charge in [0.05, 0.1) is 0 Å². The summed E-state index contributed by atoms with van der Waals surface area (Å²) < 4.78 is 5.18. The Balaban J connectivity index is 4.44. The minimum absolute atomic E-state index is 0.463. The number of carbonyl (C=O) groups is 2. The van der Waals surface area contributed by atoms with Crippen LogP contribution in [-0.2, 0) is 9.53 Å². The van der Waals surface area contributed by atoms with Gasteiger partial charge in [-0.2, -0.15) is 0 Å². The Labute approximate surface area is 115 Å². The lowest BCUT2D eigenvalue weighted by Gasteiger charge is -2.28. The normalized spacial score (nSPS) is 12.9. The van der Waals surface area contributed by atoms with Crippen molar-refractivity contribution in [1.82, 2.24) is 4.90 Å². The molecule has 19 heavy (non-hydrogen) atoms. The highest BCUT2D eigenvalue weighted by Crippen LogP contribution is 2.15. The number of aliphatic carboxylic acids is 1. The molecular formula is C14H27NO4. The van der Waals surface area contributed by atoms with Crippen LogP contribution in [0.25, 0.3) is 0 Å². The van der Waals surface area contributed by atoms with Crippen molar-refractivity contribution in [2.24, 2.45) is 0 Å². The number of carboxylic acid groups (broad SMARTS) is 1. The average molecular weight is 273 g/mol. The number of unbranched alkanes of at least 4 members (excludes halogenated alkanes) is 3. The largest absolute Gasteiger partial charge is 0.480 e. The fourth-order valence-electron chi connectivity index (χ4n) is 1.71. The average Bonchev–Trinajstić information content (AvgIpc) is 2.25. The molecule has 0 aromatic heterocycles. The number of likely N-dealkylation sites (N-methyl/N-ethyl adjacent to an activating group) is 1. The molecule has 0 heterocycles. The van der Waals surface area contributed by atoms with Crippen LogP contribution < -0.4 is 0 Å². The Morgan fingerprint density at radius 1 is 1.21 bits per heavy atom. The Bertz CT molecular complexity index is 296. The second-order valence-corrected chi connectivity index (χ2v) is 5.79. The summed E-state index contributed by atoms with van der Waals surface area (Å²) in [5.74, 6) is -0.982. The number of carbonyl (C=O) groups excluding carboxylic acids is 1. The zero-order valence-electron chi connectivity index (χ0n) is 12.7. The van der Waals surface area contributed by atoms with Crippen LogP contribution in [0.15, 0.2) is 0 Å². The summed E-state index contributed by atoms with van der Waals surface area (Å²) in [5, 5.41) is 9.20. The molecule has 1 N–H and O–H groups in total. The molecular weight excluding hydrogens is 246 g/mol. The monoisotopic (exact) mass is 273 g/mol. The zero-order valence-corrected chi connectivity index (χ0v) is 12.7. The zero-order chi connectivity index (χ0) is 15.1. The topological polar surface area (TPSA) is 66.8 Å². The Morgan fingerprint density at radius 2 is 1.79 bits per heavy atom. The maximum Gasteiger partial charge on any atom is 0.410 e. The Kier molecular flexibility index (Phi) is 7.49. The van der Waals surface area contributed by atoms with Crippen LogP contribution in [0.5, 0.6) is 0 Å². The SMILES string of the molecule is CCCCCC[C@H](C(=O)O)N(C)C(=O)OC(C)(C)C. The van der Waals surface area contributed by atoms with E-state index < -0.39 is 23.7 Å². The third-order valence-corrected chi connectivity index (χ3v) is 2.77. The Hall–Kier alpha value is -1.26. The van der Waals surface area contributed by atoms with E-state index in [-0.39, 0.29) is 0 Å². The van der Waals surface area contributed by atoms with Gasteiger partial charge in [0.15, 0.2) is 0 Å². The van der Waals surface area contributed by atoms with Crippen LogP contribution in [0.4, 0.5) is 4.79 Å². The van der Waals surface area contributed by atoms with Gasteiger partial charge in [-0.15, -0.1) is 0 Å². The van der Waals surface area contributed by atoms with Gasteiger partial charge in [-0.3, -0.25) is 4.90 Å². The summed E-state index contributed by atoms with van der Waals surface area (Å²) in [7, 11) is 1.48. The van der Waals surface area contributed by atoms with Gasteiger partial charge in [0.2, 0.25) is 0 Å². The fraction of sp³-hybridized carbons (Fsp3) is 0.857. The van der Waals surface area contributed by atoms with Crippen LogP contribution in [0.2, 0.25) is 0 Å². The van der Waals surface area contributed by atoms with Crippen molar-refractivity contribution in [3.63, 3.8) is 0 Å². The summed E-state index contributed by atoms with van der Waals surface area (Å²) in [6.45, 7) is 7.38. The molecule has 0 radical (unpaired) electrons. The number of ether oxygens (including phenoxy) is 1. The number of hydrogen-bond acceptors (Lipinski definition) is 3. The van der Waals surface area contributed by atoms with Crippen molar-refractivity contribution in [3.8, 4) is 0 Å². The second kappa shape index (κ2) is 8.02. The van der Waals surface area contributed by atoms with E-state index in [0.717, 1.165) is 25.7 Å². The van der Waals surface area contributed by atoms with Gasteiger partial charge in [-0.1, -0.05) is 32.6 Å². The molecule has 0 spiro atoms. The number of rotatable bonds is 7. The summed E-state index contributed by atoms with van der Waals surface area (Å²) in [5.41, 5.74) is -0.614. The first-order chi connectivity index (χ1) is 8.69. The molecule has 0 saturated heterocycles. The first-order valence-electron chi connectivity index (χ1n) is 6.87. The number of carboxylic acids is 1. The summed E-state index contributed by atoms with van der Waals surface area (Å²) in [4.78, 5) is 24.2. The van der Waals surface area contributed by atoms with Gasteiger partial charge in [0, 0.05) is 7.05 Å². The van der Waals surface area contributed by atoms with Gasteiger partial charge < -0.3 is 9.84 Å². The standard InChI is InChI=1S/C14H27NO4/c1-6-7-8-9-10-11(12(16)17)15(5)13(18)19-14(2,3)4/h11H,6-10H2,1-5H3,(H,16,17)/t11-/m1/s1. The quantitative estimate of drug-likeness (QED) is 0.723. The number of amides is 1. The van der Waals surface area contributed by atoms with E-state index in [0.29, 0.717) is 6.42 Å². The van der Waals surface area contributed by atoms with Crippen LogP contribution in [0.1, 0.15) is 59.8 Å². The fourth-order valence-corrected chi connectivity index (χ4v) is 1.71. The highest BCUT2D eigenvalue weighted by molar-refractivity contribution is 5.79. The lowest BCUT2D eigenvalue weighted by atomic mass is 10.1. The molecule has 0 aromatic carbocycles. The van der Waals surface area contributed by atoms with Gasteiger partial charge >= 0.3 is 12.1 Å². The molecule has 1 atom stereocenters. The molecule has 0 aliphatic rings. The van der Waals surface area contributed by atoms with Crippen LogP contribution in [0.3, 0.4) is 0 Å². The lowest BCUT2D eigenvalue weighted by Crippen LogP contribution is -2.44. The minimum atomic E-state index is -0.982. The first-order valence-corrected chi connectivity index (χ1v) is 6.87. The van der Waals surface area contributed by atoms with Crippen molar-refractivity contribution >= 4 is 12.1 Å². The molecule has 0 unspecified atom stereocenters. The molecule has 0 aromatic rings. The molecule has 5 heteroatoms. The third-order valence-electron chi connectivity index (χ3n) is 2.77. The van der Waals surface area contributed by atoms with Crippen LogP contribution >= 0.6 is 0 Å². The van der Waals surface area contributed by atoms with E-state index in [9.17, 15) is 14.7 Å². The predicted molar refractivity (Wildman–Crippen MR) is 74.2 cm³/mol. The van der Waals surface area contributed by atoms with Gasteiger partial charge in [-0.05, 0) is 27.2 Å². The second-order valence-electron chi connectivity index (χ2n) is 5.79. The lowest BCUT2D eigenvalue weighted by molar-refractivity contribution is -0.143. The molecule has 0 saturated carbocycles. The maximum atomic E-state index is 11.8. The molecule has 0 aliphatic carbocycles. The minimum Gasteiger partial charge on any atom is -0.480 e. The smallest absolute Gasteiger partial charge is 0.410 e. The Morgan fingerprint density at radius 3 is 2.21 bits per heavy atom. The summed E-state index contributed by atoms with van der Waals surface area (Å²) in [6, 6.07) is -0.813. The van der Waals surface area contributed by atoms with Gasteiger partial charge in [-0.25, -0.2) is 9.59 Å². The molecule has 112 valence electrons. The molecule has 1 amide bonds. The van der Waals surface area contributed by atoms with Crippen LogP contribution in [-0.4, -0.2) is 40.8 Å². The number of hydrogen-bond donors (Lipinski definition) is 1. The van der Waals surface area contributed by atoms with E-state index in [1.165, 1.54) is 11.9 Å². The third kappa shape index (κ3) is 7.70. The summed E-state index contributed by atoms with van der Waals surface area (Å²) in [6.07, 6.45) is 3.85. The molecule has 0 aliphatic heterocycles. The van der Waals surface area contributed by atoms with E-state index >= 15 is 0 Å². The van der Waals surface area contributed by atoms with Crippen molar-refractivity contribution in [1.29, 1.82) is 0 Å². The molecule has 0 fully saturated rings.